The molecule has 0 radical (unpaired) electrons. The number of nitrogens with zero attached hydrogens (tertiary/aromatic N) is 3. The van der Waals surface area contributed by atoms with Crippen LogP contribution in [-0.4, -0.2) is 69.8 Å². The number of nitrogens with one attached hydrogen (secondary N) is 1. The van der Waals surface area contributed by atoms with Gasteiger partial charge in [0, 0.05) is 62.2 Å². The summed E-state index contributed by atoms with van der Waals surface area (Å²) in [6, 6.07) is 20.7. The number of piperazine rings is 1. The summed E-state index contributed by atoms with van der Waals surface area (Å²) in [5.41, 5.74) is 5.03. The zero-order valence-corrected chi connectivity index (χ0v) is 27.9. The lowest BCUT2D eigenvalue weighted by Crippen LogP contribution is -2.49. The van der Waals surface area contributed by atoms with Gasteiger partial charge in [-0.15, -0.1) is 0 Å². The molecule has 8 heteroatoms. The van der Waals surface area contributed by atoms with Gasteiger partial charge in [-0.1, -0.05) is 23.7 Å². The highest BCUT2D eigenvalue weighted by atomic mass is 35.5. The largest absolute Gasteiger partial charge is 0.493 e. The molecule has 1 atom stereocenters. The first kappa shape index (κ1) is 31.7. The predicted octanol–water partition coefficient (Wildman–Crippen LogP) is 6.71. The number of carbonyl (C=O) groups is 1. The van der Waals surface area contributed by atoms with Crippen LogP contribution in [0.5, 0.6) is 11.5 Å². The Morgan fingerprint density at radius 2 is 1.64 bits per heavy atom. The van der Waals surface area contributed by atoms with Crippen molar-refractivity contribution in [2.24, 2.45) is 5.92 Å². The van der Waals surface area contributed by atoms with Gasteiger partial charge in [0.15, 0.2) is 11.5 Å². The highest BCUT2D eigenvalue weighted by molar-refractivity contribution is 6.30. The van der Waals surface area contributed by atoms with Crippen molar-refractivity contribution in [1.29, 1.82) is 0 Å². The molecule has 6 rings (SSSR count). The monoisotopic (exact) mass is 630 g/mol. The van der Waals surface area contributed by atoms with Gasteiger partial charge in [-0.05, 0) is 111 Å². The molecule has 1 aliphatic carbocycles. The fourth-order valence-corrected chi connectivity index (χ4v) is 7.56. The minimum atomic E-state index is -0.326. The van der Waals surface area contributed by atoms with E-state index in [1.807, 2.05) is 55.1 Å². The normalized spacial score (nSPS) is 22.3. The van der Waals surface area contributed by atoms with Crippen LogP contribution >= 0.6 is 11.6 Å². The molecule has 2 aliphatic heterocycles. The van der Waals surface area contributed by atoms with Gasteiger partial charge in [-0.3, -0.25) is 9.69 Å². The minimum absolute atomic E-state index is 0.0148. The molecule has 45 heavy (non-hydrogen) atoms. The zero-order chi connectivity index (χ0) is 31.5. The number of methoxy groups -OCH3 is 1. The van der Waals surface area contributed by atoms with E-state index >= 15 is 0 Å². The van der Waals surface area contributed by atoms with Gasteiger partial charge in [0.1, 0.15) is 0 Å². The van der Waals surface area contributed by atoms with Crippen LogP contribution in [0.3, 0.4) is 0 Å². The van der Waals surface area contributed by atoms with E-state index in [-0.39, 0.29) is 24.5 Å². The molecular formula is C37H47ClN4O3. The van der Waals surface area contributed by atoms with Crippen LogP contribution < -0.4 is 24.6 Å². The first-order chi connectivity index (χ1) is 21.8. The summed E-state index contributed by atoms with van der Waals surface area (Å²) < 4.78 is 11.8. The maximum atomic E-state index is 13.9. The first-order valence-electron chi connectivity index (χ1n) is 16.5. The quantitative estimate of drug-likeness (QED) is 0.284. The van der Waals surface area contributed by atoms with Crippen LogP contribution in [0.15, 0.2) is 60.7 Å². The van der Waals surface area contributed by atoms with Crippen molar-refractivity contribution in [2.45, 2.75) is 64.1 Å². The highest BCUT2D eigenvalue weighted by Crippen LogP contribution is 2.44. The van der Waals surface area contributed by atoms with E-state index in [2.05, 4.69) is 46.4 Å². The number of ether oxygens (including phenoxy) is 2. The highest BCUT2D eigenvalue weighted by Gasteiger charge is 2.36. The third-order valence-electron chi connectivity index (χ3n) is 9.72. The Morgan fingerprint density at radius 1 is 0.956 bits per heavy atom. The molecule has 240 valence electrons. The van der Waals surface area contributed by atoms with Gasteiger partial charge < -0.3 is 24.6 Å². The zero-order valence-electron chi connectivity index (χ0n) is 27.1. The van der Waals surface area contributed by atoms with E-state index in [1.54, 1.807) is 7.11 Å². The number of fused-ring (bicyclic) bond motifs is 1. The predicted molar refractivity (Wildman–Crippen MR) is 183 cm³/mol. The molecule has 0 bridgehead atoms. The second-order valence-corrected chi connectivity index (χ2v) is 13.6. The summed E-state index contributed by atoms with van der Waals surface area (Å²) in [7, 11) is 3.83. The summed E-state index contributed by atoms with van der Waals surface area (Å²) >= 11 is 6.29. The van der Waals surface area contributed by atoms with E-state index in [4.69, 9.17) is 21.1 Å². The van der Waals surface area contributed by atoms with Crippen LogP contribution in [0.25, 0.3) is 0 Å². The standard InChI is InChI=1S/C37H47ClN4O3/c1-25(2)45-35-23-33-28(21-34(35)44-4)22-36(43)42(37(33)27-7-9-29(38)10-8-27)32-15-13-30(14-16-32)40(3)24-26-5-11-31(12-6-26)41-19-17-39-18-20-41/h7-10,13-16,21,23,25-26,31,37,39H,5-6,11-12,17-20,22,24H2,1-4H3/t26?,31?,37-/m0/s1. The molecule has 3 aromatic carbocycles. The summed E-state index contributed by atoms with van der Waals surface area (Å²) in [5.74, 6) is 2.08. The summed E-state index contributed by atoms with van der Waals surface area (Å²) in [6.45, 7) is 9.68. The lowest BCUT2D eigenvalue weighted by molar-refractivity contribution is -0.118. The smallest absolute Gasteiger partial charge is 0.232 e. The fraction of sp³-hybridized carbons (Fsp3) is 0.486. The molecule has 2 fully saturated rings. The number of rotatable bonds is 9. The fourth-order valence-electron chi connectivity index (χ4n) is 7.43. The Morgan fingerprint density at radius 3 is 2.29 bits per heavy atom. The van der Waals surface area contributed by atoms with Crippen molar-refractivity contribution in [1.82, 2.24) is 10.2 Å². The van der Waals surface area contributed by atoms with Crippen molar-refractivity contribution in [3.05, 3.63) is 82.4 Å². The van der Waals surface area contributed by atoms with Crippen molar-refractivity contribution in [2.75, 3.05) is 56.7 Å². The lowest BCUT2D eigenvalue weighted by Gasteiger charge is -2.40. The van der Waals surface area contributed by atoms with Crippen LogP contribution in [0.4, 0.5) is 11.4 Å². The van der Waals surface area contributed by atoms with Crippen LogP contribution in [-0.2, 0) is 11.2 Å². The maximum Gasteiger partial charge on any atom is 0.232 e. The average molecular weight is 631 g/mol. The van der Waals surface area contributed by atoms with Crippen molar-refractivity contribution in [3.8, 4) is 11.5 Å². The second-order valence-electron chi connectivity index (χ2n) is 13.1. The number of amides is 1. The molecule has 0 unspecified atom stereocenters. The molecule has 1 amide bonds. The SMILES string of the molecule is COc1cc2c(cc1OC(C)C)[C@H](c1ccc(Cl)cc1)N(c1ccc(N(C)CC3CCC(N4CCNCC4)CC3)cc1)C(=O)C2. The van der Waals surface area contributed by atoms with E-state index in [1.165, 1.54) is 44.5 Å². The van der Waals surface area contributed by atoms with Gasteiger partial charge in [0.25, 0.3) is 0 Å². The van der Waals surface area contributed by atoms with Crippen molar-refractivity contribution in [3.63, 3.8) is 0 Å². The van der Waals surface area contributed by atoms with Gasteiger partial charge in [0.05, 0.1) is 25.7 Å². The van der Waals surface area contributed by atoms with E-state index in [9.17, 15) is 4.79 Å². The molecule has 7 nitrogen and oxygen atoms in total. The molecule has 1 saturated carbocycles. The third kappa shape index (κ3) is 7.11. The van der Waals surface area contributed by atoms with Gasteiger partial charge in [-0.2, -0.15) is 0 Å². The van der Waals surface area contributed by atoms with Crippen LogP contribution in [0.2, 0.25) is 5.02 Å². The van der Waals surface area contributed by atoms with Gasteiger partial charge >= 0.3 is 0 Å². The van der Waals surface area contributed by atoms with Gasteiger partial charge in [0.2, 0.25) is 5.91 Å². The summed E-state index contributed by atoms with van der Waals surface area (Å²) in [6.07, 6.45) is 5.45. The summed E-state index contributed by atoms with van der Waals surface area (Å²) in [5, 5.41) is 4.14. The van der Waals surface area contributed by atoms with Crippen molar-refractivity contribution < 1.29 is 14.3 Å². The number of anilines is 2. The molecule has 3 aromatic rings. The molecular weight excluding hydrogens is 584 g/mol. The van der Waals surface area contributed by atoms with E-state index in [0.29, 0.717) is 22.4 Å². The molecule has 1 saturated heterocycles. The molecule has 0 spiro atoms. The van der Waals surface area contributed by atoms with E-state index < -0.39 is 0 Å². The molecule has 2 heterocycles. The minimum Gasteiger partial charge on any atom is -0.493 e. The molecule has 0 aromatic heterocycles. The second kappa shape index (κ2) is 14.0. The van der Waals surface area contributed by atoms with E-state index in [0.717, 1.165) is 48.1 Å². The third-order valence-corrected chi connectivity index (χ3v) is 9.97. The lowest BCUT2D eigenvalue weighted by atomic mass is 9.84. The number of hydrogen-bond donors (Lipinski definition) is 1. The number of carbonyl (C=O) groups excluding carboxylic acids is 1. The number of benzene rings is 3. The Kier molecular flexibility index (Phi) is 9.88. The topological polar surface area (TPSA) is 57.3 Å². The molecule has 1 N–H and O–H groups in total. The number of halogens is 1. The van der Waals surface area contributed by atoms with Crippen LogP contribution in [0, 0.1) is 5.92 Å². The summed E-state index contributed by atoms with van der Waals surface area (Å²) in [4.78, 5) is 20.9. The Labute approximate surface area is 273 Å². The Balaban J connectivity index is 1.22. The Bertz CT molecular complexity index is 1450. The molecule has 3 aliphatic rings. The Hall–Kier alpha value is -3.26. The van der Waals surface area contributed by atoms with Crippen LogP contribution in [0.1, 0.15) is 62.3 Å². The first-order valence-corrected chi connectivity index (χ1v) is 16.9. The number of hydrogen-bond acceptors (Lipinski definition) is 6. The average Bonchev–Trinajstić information content (AvgIpc) is 3.05. The van der Waals surface area contributed by atoms with Crippen molar-refractivity contribution >= 4 is 28.9 Å². The van der Waals surface area contributed by atoms with Gasteiger partial charge in [-0.25, -0.2) is 0 Å². The maximum absolute atomic E-state index is 13.9.